The Morgan fingerprint density at radius 2 is 2.10 bits per heavy atom. The minimum Gasteiger partial charge on any atom is -0.362 e. The summed E-state index contributed by atoms with van der Waals surface area (Å²) in [5.41, 5.74) is 2.52. The third-order valence-electron chi connectivity index (χ3n) is 4.54. The number of rotatable bonds is 5. The number of carbonyl (C=O) groups is 1. The van der Waals surface area contributed by atoms with Crippen LogP contribution in [0.4, 0.5) is 5.69 Å². The van der Waals surface area contributed by atoms with Gasteiger partial charge in [0.15, 0.2) is 0 Å². The molecule has 0 bridgehead atoms. The maximum absolute atomic E-state index is 12.1. The highest BCUT2D eigenvalue weighted by atomic mass is 16.2. The average Bonchev–Trinajstić information content (AvgIpc) is 3.33. The lowest BCUT2D eigenvalue weighted by Crippen LogP contribution is -2.38. The zero-order valence-electron chi connectivity index (χ0n) is 12.8. The summed E-state index contributed by atoms with van der Waals surface area (Å²) in [7, 11) is 2.01. The maximum atomic E-state index is 12.1. The van der Waals surface area contributed by atoms with Gasteiger partial charge in [0.1, 0.15) is 0 Å². The molecule has 0 radical (unpaired) electrons. The van der Waals surface area contributed by atoms with E-state index in [-0.39, 0.29) is 5.91 Å². The minimum atomic E-state index is 0.152. The molecule has 0 aromatic heterocycles. The molecule has 3 rings (SSSR count). The van der Waals surface area contributed by atoms with Gasteiger partial charge in [-0.1, -0.05) is 18.2 Å². The van der Waals surface area contributed by atoms with Crippen molar-refractivity contribution in [1.82, 2.24) is 10.6 Å². The molecule has 1 atom stereocenters. The summed E-state index contributed by atoms with van der Waals surface area (Å²) in [6.07, 6.45) is 4.77. The first-order chi connectivity index (χ1) is 10.3. The fourth-order valence-corrected chi connectivity index (χ4v) is 3.11. The fourth-order valence-electron chi connectivity index (χ4n) is 3.11. The molecule has 114 valence electrons. The molecule has 1 aromatic carbocycles. The van der Waals surface area contributed by atoms with E-state index in [0.29, 0.717) is 12.6 Å². The van der Waals surface area contributed by atoms with Gasteiger partial charge in [-0.2, -0.15) is 0 Å². The average molecular weight is 287 g/mol. The number of hydrogen-bond donors (Lipinski definition) is 2. The lowest BCUT2D eigenvalue weighted by molar-refractivity contribution is -0.119. The fraction of sp³-hybridized carbons (Fsp3) is 0.588. The van der Waals surface area contributed by atoms with Crippen LogP contribution in [0.1, 0.15) is 37.3 Å². The Bertz CT molecular complexity index is 499. The van der Waals surface area contributed by atoms with Crippen LogP contribution in [0.15, 0.2) is 24.3 Å². The molecule has 21 heavy (non-hydrogen) atoms. The van der Waals surface area contributed by atoms with Crippen molar-refractivity contribution in [1.29, 1.82) is 0 Å². The quantitative estimate of drug-likeness (QED) is 0.871. The Morgan fingerprint density at radius 3 is 2.86 bits per heavy atom. The Hall–Kier alpha value is -1.55. The Kier molecular flexibility index (Phi) is 4.44. The van der Waals surface area contributed by atoms with Crippen molar-refractivity contribution in [3.63, 3.8) is 0 Å². The van der Waals surface area contributed by atoms with Crippen LogP contribution in [0.25, 0.3) is 0 Å². The molecule has 0 spiro atoms. The van der Waals surface area contributed by atoms with E-state index < -0.39 is 0 Å². The van der Waals surface area contributed by atoms with E-state index in [4.69, 9.17) is 0 Å². The van der Waals surface area contributed by atoms with Gasteiger partial charge in [-0.05, 0) is 50.3 Å². The molecule has 1 unspecified atom stereocenters. The summed E-state index contributed by atoms with van der Waals surface area (Å²) in [5.74, 6) is 0.888. The Morgan fingerprint density at radius 1 is 1.29 bits per heavy atom. The predicted octanol–water partition coefficient (Wildman–Crippen LogP) is 2.07. The molecular formula is C17H25N3O. The van der Waals surface area contributed by atoms with Gasteiger partial charge in [0, 0.05) is 24.8 Å². The first kappa shape index (κ1) is 14.4. The van der Waals surface area contributed by atoms with E-state index in [9.17, 15) is 4.79 Å². The normalized spacial score (nSPS) is 21.6. The Balaban J connectivity index is 1.70. The summed E-state index contributed by atoms with van der Waals surface area (Å²) in [6.45, 7) is 2.28. The van der Waals surface area contributed by atoms with Gasteiger partial charge < -0.3 is 15.5 Å². The summed E-state index contributed by atoms with van der Waals surface area (Å²) >= 11 is 0. The molecule has 2 N–H and O–H groups in total. The standard InChI is InChI=1S/C17H25N3O/c1-18-15-6-4-10-20(16-7-3-2-5-14(15)16)12-17(21)19-11-13-8-9-13/h2-3,5,7,13,15,18H,4,6,8-12H2,1H3,(H,19,21). The maximum Gasteiger partial charge on any atom is 0.239 e. The second-order valence-corrected chi connectivity index (χ2v) is 6.21. The number of nitrogens with zero attached hydrogens (tertiary/aromatic N) is 1. The highest BCUT2D eigenvalue weighted by molar-refractivity contribution is 5.81. The van der Waals surface area contributed by atoms with Gasteiger partial charge in [0.25, 0.3) is 0 Å². The number of para-hydroxylation sites is 1. The van der Waals surface area contributed by atoms with Crippen molar-refractivity contribution in [3.8, 4) is 0 Å². The number of hydrogen-bond acceptors (Lipinski definition) is 3. The number of amides is 1. The summed E-state index contributed by atoms with van der Waals surface area (Å²) in [6, 6.07) is 8.85. The molecule has 0 saturated heterocycles. The number of benzene rings is 1. The lowest BCUT2D eigenvalue weighted by atomic mass is 10.0. The zero-order chi connectivity index (χ0) is 14.7. The predicted molar refractivity (Wildman–Crippen MR) is 85.4 cm³/mol. The summed E-state index contributed by atoms with van der Waals surface area (Å²) < 4.78 is 0. The molecule has 1 fully saturated rings. The third-order valence-corrected chi connectivity index (χ3v) is 4.54. The lowest BCUT2D eigenvalue weighted by Gasteiger charge is -2.25. The van der Waals surface area contributed by atoms with Crippen LogP contribution >= 0.6 is 0 Å². The second kappa shape index (κ2) is 6.48. The summed E-state index contributed by atoms with van der Waals surface area (Å²) in [4.78, 5) is 14.4. The zero-order valence-corrected chi connectivity index (χ0v) is 12.8. The molecule has 2 aliphatic rings. The molecule has 1 amide bonds. The number of carbonyl (C=O) groups excluding carboxylic acids is 1. The van der Waals surface area contributed by atoms with Crippen LogP contribution in [0, 0.1) is 5.92 Å². The molecule has 1 saturated carbocycles. The van der Waals surface area contributed by atoms with Gasteiger partial charge >= 0.3 is 0 Å². The van der Waals surface area contributed by atoms with Crippen molar-refractivity contribution >= 4 is 11.6 Å². The SMILES string of the molecule is CNC1CCCN(CC(=O)NCC2CC2)c2ccccc21. The van der Waals surface area contributed by atoms with E-state index >= 15 is 0 Å². The highest BCUT2D eigenvalue weighted by Gasteiger charge is 2.24. The van der Waals surface area contributed by atoms with E-state index in [2.05, 4.69) is 39.8 Å². The van der Waals surface area contributed by atoms with E-state index in [1.807, 2.05) is 7.05 Å². The number of fused-ring (bicyclic) bond motifs is 1. The second-order valence-electron chi connectivity index (χ2n) is 6.21. The van der Waals surface area contributed by atoms with E-state index in [1.54, 1.807) is 0 Å². The molecular weight excluding hydrogens is 262 g/mol. The third kappa shape index (κ3) is 3.56. The van der Waals surface area contributed by atoms with Gasteiger partial charge in [-0.25, -0.2) is 0 Å². The molecule has 4 heteroatoms. The first-order valence-corrected chi connectivity index (χ1v) is 8.05. The monoisotopic (exact) mass is 287 g/mol. The topological polar surface area (TPSA) is 44.4 Å². The van der Waals surface area contributed by atoms with Crippen LogP contribution in [0.2, 0.25) is 0 Å². The molecule has 1 aliphatic heterocycles. The van der Waals surface area contributed by atoms with Crippen molar-refractivity contribution < 1.29 is 4.79 Å². The van der Waals surface area contributed by atoms with Crippen LogP contribution in [0.3, 0.4) is 0 Å². The smallest absolute Gasteiger partial charge is 0.239 e. The van der Waals surface area contributed by atoms with Crippen molar-refractivity contribution in [2.24, 2.45) is 5.92 Å². The van der Waals surface area contributed by atoms with Crippen LogP contribution in [0.5, 0.6) is 0 Å². The van der Waals surface area contributed by atoms with Crippen LogP contribution in [-0.2, 0) is 4.79 Å². The first-order valence-electron chi connectivity index (χ1n) is 8.05. The van der Waals surface area contributed by atoms with Crippen LogP contribution in [-0.4, -0.2) is 32.6 Å². The van der Waals surface area contributed by atoms with E-state index in [0.717, 1.165) is 31.8 Å². The van der Waals surface area contributed by atoms with Crippen LogP contribution < -0.4 is 15.5 Å². The van der Waals surface area contributed by atoms with Gasteiger partial charge in [-0.15, -0.1) is 0 Å². The Labute approximate surface area is 126 Å². The highest BCUT2D eigenvalue weighted by Crippen LogP contribution is 2.32. The molecule has 1 aliphatic carbocycles. The largest absolute Gasteiger partial charge is 0.362 e. The number of nitrogens with one attached hydrogen (secondary N) is 2. The van der Waals surface area contributed by atoms with Gasteiger partial charge in [0.05, 0.1) is 6.54 Å². The summed E-state index contributed by atoms with van der Waals surface area (Å²) in [5, 5.41) is 6.47. The minimum absolute atomic E-state index is 0.152. The van der Waals surface area contributed by atoms with Gasteiger partial charge in [0.2, 0.25) is 5.91 Å². The van der Waals surface area contributed by atoms with Crippen molar-refractivity contribution in [2.75, 3.05) is 31.6 Å². The van der Waals surface area contributed by atoms with Crippen molar-refractivity contribution in [2.45, 2.75) is 31.7 Å². The number of anilines is 1. The molecule has 1 heterocycles. The molecule has 1 aromatic rings. The van der Waals surface area contributed by atoms with Crippen molar-refractivity contribution in [3.05, 3.63) is 29.8 Å². The van der Waals surface area contributed by atoms with Gasteiger partial charge in [-0.3, -0.25) is 4.79 Å². The van der Waals surface area contributed by atoms with E-state index in [1.165, 1.54) is 24.1 Å². The molecule has 4 nitrogen and oxygen atoms in total.